The SMILES string of the molecule is COC(=O)C(=C=[N-])c1nnns1. The number of rotatable bonds is 2. The number of carbonyl (C=O) groups is 1. The quantitative estimate of drug-likeness (QED) is 0.357. The Morgan fingerprint density at radius 2 is 2.50 bits per heavy atom. The lowest BCUT2D eigenvalue weighted by molar-refractivity contribution is -0.133. The number of esters is 1. The third kappa shape index (κ3) is 1.52. The van der Waals surface area contributed by atoms with E-state index in [2.05, 4.69) is 19.5 Å². The van der Waals surface area contributed by atoms with Gasteiger partial charge >= 0.3 is 5.97 Å². The highest BCUT2D eigenvalue weighted by molar-refractivity contribution is 7.07. The number of hydrogen-bond donors (Lipinski definition) is 0. The van der Waals surface area contributed by atoms with E-state index < -0.39 is 5.97 Å². The van der Waals surface area contributed by atoms with Crippen molar-refractivity contribution in [3.63, 3.8) is 0 Å². The van der Waals surface area contributed by atoms with Crippen molar-refractivity contribution in [2.75, 3.05) is 7.11 Å². The minimum absolute atomic E-state index is 0.171. The van der Waals surface area contributed by atoms with Crippen molar-refractivity contribution in [3.8, 4) is 0 Å². The Balaban J connectivity index is 3.01. The molecule has 0 bridgehead atoms. The number of ether oxygens (including phenoxy) is 1. The summed E-state index contributed by atoms with van der Waals surface area (Å²) in [5, 5.41) is 15.4. The third-order valence-electron chi connectivity index (χ3n) is 1.01. The van der Waals surface area contributed by atoms with Crippen LogP contribution in [0.4, 0.5) is 0 Å². The molecular formula is C5H3N4O2S-. The third-order valence-corrected chi connectivity index (χ3v) is 1.63. The van der Waals surface area contributed by atoms with Crippen molar-refractivity contribution in [2.45, 2.75) is 0 Å². The maximum Gasteiger partial charge on any atom is 0.347 e. The summed E-state index contributed by atoms with van der Waals surface area (Å²) in [6.45, 7) is 0. The van der Waals surface area contributed by atoms with Gasteiger partial charge in [0.1, 0.15) is 5.57 Å². The molecule has 62 valence electrons. The normalized spacial score (nSPS) is 8.75. The summed E-state index contributed by atoms with van der Waals surface area (Å²) in [5.74, 6) is 0.939. The minimum atomic E-state index is -0.726. The first kappa shape index (κ1) is 8.51. The van der Waals surface area contributed by atoms with E-state index in [4.69, 9.17) is 5.41 Å². The zero-order valence-electron chi connectivity index (χ0n) is 6.01. The molecular weight excluding hydrogens is 180 g/mol. The van der Waals surface area contributed by atoms with Gasteiger partial charge in [-0.15, -0.1) is 5.10 Å². The lowest BCUT2D eigenvalue weighted by atomic mass is 10.3. The molecule has 0 aliphatic rings. The summed E-state index contributed by atoms with van der Waals surface area (Å²) in [5.41, 5.74) is -0.174. The molecule has 0 spiro atoms. The van der Waals surface area contributed by atoms with Crippen LogP contribution in [0.5, 0.6) is 0 Å². The van der Waals surface area contributed by atoms with Crippen molar-refractivity contribution in [1.82, 2.24) is 14.8 Å². The molecule has 0 fully saturated rings. The lowest BCUT2D eigenvalue weighted by Gasteiger charge is -1.97. The molecule has 0 amide bonds. The van der Waals surface area contributed by atoms with Crippen LogP contribution >= 0.6 is 11.5 Å². The predicted molar refractivity (Wildman–Crippen MR) is 41.5 cm³/mol. The fourth-order valence-electron chi connectivity index (χ4n) is 0.513. The van der Waals surface area contributed by atoms with E-state index in [0.717, 1.165) is 11.5 Å². The van der Waals surface area contributed by atoms with Gasteiger partial charge in [0.2, 0.25) is 0 Å². The van der Waals surface area contributed by atoms with Gasteiger partial charge in [0.15, 0.2) is 5.01 Å². The maximum absolute atomic E-state index is 10.9. The van der Waals surface area contributed by atoms with Crippen molar-refractivity contribution >= 4 is 28.9 Å². The summed E-state index contributed by atoms with van der Waals surface area (Å²) in [6.07, 6.45) is 0. The van der Waals surface area contributed by atoms with Gasteiger partial charge in [0, 0.05) is 11.5 Å². The highest BCUT2D eigenvalue weighted by Gasteiger charge is 2.13. The van der Waals surface area contributed by atoms with Crippen molar-refractivity contribution in [2.24, 2.45) is 0 Å². The molecule has 1 aromatic heterocycles. The van der Waals surface area contributed by atoms with Crippen LogP contribution in [-0.2, 0) is 9.53 Å². The summed E-state index contributed by atoms with van der Waals surface area (Å²) >= 11 is 0.867. The van der Waals surface area contributed by atoms with Gasteiger partial charge in [0.05, 0.1) is 7.11 Å². The van der Waals surface area contributed by atoms with Crippen LogP contribution in [0.25, 0.3) is 11.0 Å². The van der Waals surface area contributed by atoms with Crippen LogP contribution in [0.2, 0.25) is 0 Å². The first-order valence-electron chi connectivity index (χ1n) is 2.80. The lowest BCUT2D eigenvalue weighted by Crippen LogP contribution is -2.03. The molecule has 1 aromatic rings. The predicted octanol–water partition coefficient (Wildman–Crippen LogP) is -0.271. The van der Waals surface area contributed by atoms with E-state index in [1.165, 1.54) is 7.11 Å². The second-order valence-electron chi connectivity index (χ2n) is 1.65. The highest BCUT2D eigenvalue weighted by Crippen LogP contribution is 2.11. The molecule has 12 heavy (non-hydrogen) atoms. The van der Waals surface area contributed by atoms with Gasteiger partial charge < -0.3 is 10.1 Å². The molecule has 0 unspecified atom stereocenters. The first-order valence-corrected chi connectivity index (χ1v) is 3.57. The fourth-order valence-corrected chi connectivity index (χ4v) is 0.956. The monoisotopic (exact) mass is 183 g/mol. The van der Waals surface area contributed by atoms with Gasteiger partial charge in [-0.05, 0) is 5.21 Å². The van der Waals surface area contributed by atoms with Gasteiger partial charge in [0.25, 0.3) is 0 Å². The second-order valence-corrected chi connectivity index (χ2v) is 2.38. The Hall–Kier alpha value is -1.59. The van der Waals surface area contributed by atoms with Gasteiger partial charge in [-0.3, -0.25) is 5.87 Å². The number of carbonyl (C=O) groups excluding carboxylic acids is 1. The van der Waals surface area contributed by atoms with Crippen LogP contribution < -0.4 is 0 Å². The fraction of sp³-hybridized carbons (Fsp3) is 0.200. The van der Waals surface area contributed by atoms with E-state index in [9.17, 15) is 4.79 Å². The van der Waals surface area contributed by atoms with Crippen molar-refractivity contribution < 1.29 is 9.53 Å². The van der Waals surface area contributed by atoms with E-state index >= 15 is 0 Å². The van der Waals surface area contributed by atoms with Crippen LogP contribution in [0.15, 0.2) is 0 Å². The Kier molecular flexibility index (Phi) is 2.62. The average Bonchev–Trinajstić information content (AvgIpc) is 2.58. The number of hydrogen-bond acceptors (Lipinski definition) is 6. The molecule has 0 atom stereocenters. The Bertz CT molecular complexity index is 327. The van der Waals surface area contributed by atoms with E-state index in [0.29, 0.717) is 0 Å². The summed E-state index contributed by atoms with van der Waals surface area (Å²) in [7, 11) is 1.19. The maximum atomic E-state index is 10.9. The van der Waals surface area contributed by atoms with E-state index in [1.807, 2.05) is 0 Å². The molecule has 0 saturated heterocycles. The van der Waals surface area contributed by atoms with Crippen LogP contribution in [0.1, 0.15) is 5.01 Å². The summed E-state index contributed by atoms with van der Waals surface area (Å²) in [6, 6.07) is 0. The minimum Gasteiger partial charge on any atom is -0.762 e. The smallest absolute Gasteiger partial charge is 0.347 e. The van der Waals surface area contributed by atoms with E-state index in [1.54, 1.807) is 5.87 Å². The van der Waals surface area contributed by atoms with Gasteiger partial charge in [-0.25, -0.2) is 4.79 Å². The first-order chi connectivity index (χ1) is 5.79. The van der Waals surface area contributed by atoms with Crippen molar-refractivity contribution in [1.29, 1.82) is 0 Å². The highest BCUT2D eigenvalue weighted by atomic mass is 32.1. The van der Waals surface area contributed by atoms with Gasteiger partial charge in [-0.1, -0.05) is 4.49 Å². The zero-order chi connectivity index (χ0) is 8.97. The van der Waals surface area contributed by atoms with E-state index in [-0.39, 0.29) is 10.6 Å². The average molecular weight is 183 g/mol. The molecule has 7 heteroatoms. The topological polar surface area (TPSA) is 87.3 Å². The zero-order valence-corrected chi connectivity index (χ0v) is 6.83. The number of nitrogens with zero attached hydrogens (tertiary/aromatic N) is 4. The standard InChI is InChI=1S/C5H3N4O2S/c1-11-5(10)3(2-6)4-7-8-9-12-4/h1H3/q-1. The summed E-state index contributed by atoms with van der Waals surface area (Å²) in [4.78, 5) is 10.9. The summed E-state index contributed by atoms with van der Waals surface area (Å²) < 4.78 is 7.75. The molecule has 0 aliphatic heterocycles. The van der Waals surface area contributed by atoms with Gasteiger partial charge in [-0.2, -0.15) is 0 Å². The van der Waals surface area contributed by atoms with Crippen LogP contribution in [0.3, 0.4) is 0 Å². The van der Waals surface area contributed by atoms with Crippen LogP contribution in [0, 0.1) is 0 Å². The number of methoxy groups -OCH3 is 1. The molecule has 1 rings (SSSR count). The van der Waals surface area contributed by atoms with Crippen LogP contribution in [-0.4, -0.2) is 33.7 Å². The molecule has 0 radical (unpaired) electrons. The second kappa shape index (κ2) is 3.70. The Morgan fingerprint density at radius 1 is 1.75 bits per heavy atom. The number of aromatic nitrogens is 3. The molecule has 0 N–H and O–H groups in total. The molecule has 1 heterocycles. The molecule has 0 saturated carbocycles. The Labute approximate surface area is 71.5 Å². The Morgan fingerprint density at radius 3 is 2.92 bits per heavy atom. The molecule has 6 nitrogen and oxygen atoms in total. The van der Waals surface area contributed by atoms with Crippen molar-refractivity contribution in [3.05, 3.63) is 10.4 Å². The molecule has 0 aliphatic carbocycles. The molecule has 0 aromatic carbocycles. The largest absolute Gasteiger partial charge is 0.762 e.